The lowest BCUT2D eigenvalue weighted by Gasteiger charge is -2.48. The molecule has 5 nitrogen and oxygen atoms in total. The van der Waals surface area contributed by atoms with Crippen LogP contribution in [0.1, 0.15) is 53.1 Å². The predicted molar refractivity (Wildman–Crippen MR) is 109 cm³/mol. The van der Waals surface area contributed by atoms with Crippen molar-refractivity contribution in [2.75, 3.05) is 6.61 Å². The first-order valence-corrected chi connectivity index (χ1v) is 12.4. The Morgan fingerprint density at radius 1 is 1.07 bits per heavy atom. The summed E-state index contributed by atoms with van der Waals surface area (Å²) in [6, 6.07) is 12.1. The second-order valence-electron chi connectivity index (χ2n) is 8.46. The number of carbonyl (C=O) groups is 2. The zero-order valence-corrected chi connectivity index (χ0v) is 18.5. The molecule has 2 amide bonds. The molecule has 1 fully saturated rings. The standard InChI is InChI=1S/C21H33NO4Si/c1-7-27(8-2,9-3)26-18-17(16-13-11-10-12-14-16)22(19(18)23)20(24)25-15-21(4,5)6/h10-14,17-18H,7-9,15H2,1-6H3/t17-,18-/m1/s1. The molecule has 0 bridgehead atoms. The highest BCUT2D eigenvalue weighted by Gasteiger charge is 2.55. The maximum absolute atomic E-state index is 12.9. The molecule has 1 saturated heterocycles. The van der Waals surface area contributed by atoms with Crippen molar-refractivity contribution in [1.82, 2.24) is 4.90 Å². The first kappa shape index (κ1) is 21.6. The molecule has 0 aliphatic carbocycles. The summed E-state index contributed by atoms with van der Waals surface area (Å²) in [7, 11) is -1.98. The van der Waals surface area contributed by atoms with Gasteiger partial charge in [0.15, 0.2) is 14.4 Å². The SMILES string of the molecule is CC[Si](CC)(CC)O[C@H]1C(=O)N(C(=O)OCC(C)(C)C)[C@@H]1c1ccccc1. The van der Waals surface area contributed by atoms with Crippen molar-refractivity contribution in [3.63, 3.8) is 0 Å². The summed E-state index contributed by atoms with van der Waals surface area (Å²) >= 11 is 0. The van der Waals surface area contributed by atoms with Crippen LogP contribution in [-0.2, 0) is 14.0 Å². The summed E-state index contributed by atoms with van der Waals surface area (Å²) in [5.74, 6) is -0.282. The number of hydrogen-bond acceptors (Lipinski definition) is 4. The first-order chi connectivity index (χ1) is 12.7. The Kier molecular flexibility index (Phi) is 6.86. The van der Waals surface area contributed by atoms with Gasteiger partial charge in [-0.25, -0.2) is 9.69 Å². The van der Waals surface area contributed by atoms with Crippen molar-refractivity contribution in [3.05, 3.63) is 35.9 Å². The molecule has 1 heterocycles. The molecule has 1 aliphatic rings. The largest absolute Gasteiger partial charge is 0.449 e. The number of ether oxygens (including phenoxy) is 1. The van der Waals surface area contributed by atoms with Crippen LogP contribution >= 0.6 is 0 Å². The van der Waals surface area contributed by atoms with Crippen molar-refractivity contribution in [2.45, 2.75) is 71.8 Å². The maximum atomic E-state index is 12.9. The predicted octanol–water partition coefficient (Wildman–Crippen LogP) is 5.14. The maximum Gasteiger partial charge on any atom is 0.417 e. The third-order valence-corrected chi connectivity index (χ3v) is 9.94. The molecule has 1 aliphatic heterocycles. The topological polar surface area (TPSA) is 55.8 Å². The molecule has 0 radical (unpaired) electrons. The van der Waals surface area contributed by atoms with E-state index in [1.807, 2.05) is 51.1 Å². The van der Waals surface area contributed by atoms with E-state index in [4.69, 9.17) is 9.16 Å². The molecule has 1 aromatic carbocycles. The van der Waals surface area contributed by atoms with Gasteiger partial charge in [-0.1, -0.05) is 71.9 Å². The number of carbonyl (C=O) groups excluding carboxylic acids is 2. The quantitative estimate of drug-likeness (QED) is 0.477. The molecule has 0 spiro atoms. The highest BCUT2D eigenvalue weighted by atomic mass is 28.4. The van der Waals surface area contributed by atoms with Gasteiger partial charge in [-0.3, -0.25) is 4.79 Å². The molecule has 27 heavy (non-hydrogen) atoms. The molecule has 0 unspecified atom stereocenters. The molecule has 0 saturated carbocycles. The zero-order valence-electron chi connectivity index (χ0n) is 17.5. The van der Waals surface area contributed by atoms with Crippen molar-refractivity contribution < 1.29 is 18.8 Å². The normalized spacial score (nSPS) is 20.4. The number of amides is 2. The average molecular weight is 392 g/mol. The Balaban J connectivity index is 2.26. The highest BCUT2D eigenvalue weighted by Crippen LogP contribution is 2.41. The van der Waals surface area contributed by atoms with Crippen molar-refractivity contribution in [3.8, 4) is 0 Å². The number of β-lactam (4-membered cyclic amide) rings is 1. The van der Waals surface area contributed by atoms with Crippen LogP contribution < -0.4 is 0 Å². The van der Waals surface area contributed by atoms with E-state index >= 15 is 0 Å². The van der Waals surface area contributed by atoms with E-state index in [1.165, 1.54) is 4.90 Å². The average Bonchev–Trinajstić information content (AvgIpc) is 2.65. The van der Waals surface area contributed by atoms with Crippen LogP contribution in [0.4, 0.5) is 4.79 Å². The Labute approximate surface area is 164 Å². The second-order valence-corrected chi connectivity index (χ2v) is 13.2. The zero-order chi connectivity index (χ0) is 20.2. The molecule has 150 valence electrons. The van der Waals surface area contributed by atoms with Crippen LogP contribution in [0.3, 0.4) is 0 Å². The smallest absolute Gasteiger partial charge is 0.417 e. The van der Waals surface area contributed by atoms with E-state index in [2.05, 4.69) is 20.8 Å². The highest BCUT2D eigenvalue weighted by molar-refractivity contribution is 6.73. The molecule has 6 heteroatoms. The minimum absolute atomic E-state index is 0.156. The number of likely N-dealkylation sites (tertiary alicyclic amines) is 1. The van der Waals surface area contributed by atoms with E-state index in [9.17, 15) is 9.59 Å². The van der Waals surface area contributed by atoms with Crippen molar-refractivity contribution in [2.24, 2.45) is 5.41 Å². The van der Waals surface area contributed by atoms with E-state index in [0.717, 1.165) is 23.7 Å². The van der Waals surface area contributed by atoms with Gasteiger partial charge in [0.25, 0.3) is 5.91 Å². The van der Waals surface area contributed by atoms with Gasteiger partial charge >= 0.3 is 6.09 Å². The fourth-order valence-electron chi connectivity index (χ4n) is 3.37. The van der Waals surface area contributed by atoms with Gasteiger partial charge in [0.2, 0.25) is 0 Å². The fraction of sp³-hybridized carbons (Fsp3) is 0.619. The minimum atomic E-state index is -1.98. The summed E-state index contributed by atoms with van der Waals surface area (Å²) in [4.78, 5) is 26.7. The van der Waals surface area contributed by atoms with E-state index in [0.29, 0.717) is 0 Å². The van der Waals surface area contributed by atoms with Gasteiger partial charge in [0.1, 0.15) is 6.04 Å². The lowest BCUT2D eigenvalue weighted by Crippen LogP contribution is -2.64. The van der Waals surface area contributed by atoms with Crippen molar-refractivity contribution in [1.29, 1.82) is 0 Å². The van der Waals surface area contributed by atoms with Crippen LogP contribution in [0.2, 0.25) is 18.1 Å². The van der Waals surface area contributed by atoms with Gasteiger partial charge in [-0.05, 0) is 29.1 Å². The molecular weight excluding hydrogens is 358 g/mol. The molecule has 1 aromatic rings. The Morgan fingerprint density at radius 3 is 2.11 bits per heavy atom. The Hall–Kier alpha value is -1.66. The van der Waals surface area contributed by atoms with Crippen LogP contribution in [0.15, 0.2) is 30.3 Å². The third-order valence-electron chi connectivity index (χ3n) is 5.32. The van der Waals surface area contributed by atoms with Crippen LogP contribution in [0.25, 0.3) is 0 Å². The molecule has 0 aromatic heterocycles. The summed E-state index contributed by atoms with van der Waals surface area (Å²) in [6.45, 7) is 12.6. The summed E-state index contributed by atoms with van der Waals surface area (Å²) < 4.78 is 11.9. The number of imide groups is 1. The van der Waals surface area contributed by atoms with E-state index < -0.39 is 26.6 Å². The monoisotopic (exact) mass is 391 g/mol. The Morgan fingerprint density at radius 2 is 1.63 bits per heavy atom. The molecule has 0 N–H and O–H groups in total. The van der Waals surface area contributed by atoms with Gasteiger partial charge < -0.3 is 9.16 Å². The lowest BCUT2D eigenvalue weighted by molar-refractivity contribution is -0.161. The van der Waals surface area contributed by atoms with E-state index in [1.54, 1.807) is 0 Å². The van der Waals surface area contributed by atoms with Crippen LogP contribution in [0.5, 0.6) is 0 Å². The second kappa shape index (κ2) is 8.57. The van der Waals surface area contributed by atoms with E-state index in [-0.39, 0.29) is 17.9 Å². The van der Waals surface area contributed by atoms with Gasteiger partial charge in [-0.2, -0.15) is 0 Å². The number of rotatable bonds is 7. The van der Waals surface area contributed by atoms with Crippen LogP contribution in [0, 0.1) is 5.41 Å². The molecule has 2 rings (SSSR count). The summed E-state index contributed by atoms with van der Waals surface area (Å²) in [6.07, 6.45) is -1.18. The van der Waals surface area contributed by atoms with Gasteiger partial charge in [-0.15, -0.1) is 0 Å². The lowest BCUT2D eigenvalue weighted by atomic mass is 9.91. The Bertz CT molecular complexity index is 644. The third kappa shape index (κ3) is 4.79. The minimum Gasteiger partial charge on any atom is -0.449 e. The van der Waals surface area contributed by atoms with Gasteiger partial charge in [0, 0.05) is 0 Å². The number of benzene rings is 1. The van der Waals surface area contributed by atoms with Crippen molar-refractivity contribution >= 4 is 20.3 Å². The number of nitrogens with zero attached hydrogens (tertiary/aromatic N) is 1. The first-order valence-electron chi connectivity index (χ1n) is 9.90. The molecular formula is C21H33NO4Si. The summed E-state index contributed by atoms with van der Waals surface area (Å²) in [5, 5.41) is 0. The molecule has 2 atom stereocenters. The summed E-state index contributed by atoms with van der Waals surface area (Å²) in [5.41, 5.74) is 0.747. The fourth-order valence-corrected chi connectivity index (χ4v) is 6.14. The van der Waals surface area contributed by atoms with Gasteiger partial charge in [0.05, 0.1) is 6.61 Å². The van der Waals surface area contributed by atoms with Crippen LogP contribution in [-0.4, -0.2) is 37.9 Å². The number of hydrogen-bond donors (Lipinski definition) is 0.